The lowest BCUT2D eigenvalue weighted by Crippen LogP contribution is -2.12. The third kappa shape index (κ3) is 4.39. The van der Waals surface area contributed by atoms with Gasteiger partial charge in [0.2, 0.25) is 0 Å². The van der Waals surface area contributed by atoms with E-state index in [0.717, 1.165) is 12.1 Å². The minimum absolute atomic E-state index is 0.0476. The molecule has 0 fully saturated rings. The molecule has 0 aliphatic carbocycles. The first-order valence-corrected chi connectivity index (χ1v) is 14.8. The molecule has 0 saturated heterocycles. The van der Waals surface area contributed by atoms with Gasteiger partial charge in [-0.25, -0.2) is 0 Å². The number of benzene rings is 3. The molecule has 0 N–H and O–H groups in total. The third-order valence-electron chi connectivity index (χ3n) is 7.28. The van der Waals surface area contributed by atoms with Gasteiger partial charge in [0.1, 0.15) is 0 Å². The molecule has 1 nitrogen and oxygen atoms in total. The quantitative estimate of drug-likeness (QED) is 0.226. The molecular weight excluding hydrogens is 487 g/mol. The second-order valence-corrected chi connectivity index (χ2v) is 14.0. The van der Waals surface area contributed by atoms with E-state index in [2.05, 4.69) is 108 Å². The van der Waals surface area contributed by atoms with Crippen LogP contribution in [-0.2, 0) is 11.8 Å². The van der Waals surface area contributed by atoms with Gasteiger partial charge in [-0.05, 0) is 87.9 Å². The first kappa shape index (κ1) is 24.3. The largest absolute Gasteiger partial charge is 0.256 e. The number of fused-ring (bicyclic) bond motifs is 3. The van der Waals surface area contributed by atoms with Crippen molar-refractivity contribution in [3.8, 4) is 21.7 Å². The van der Waals surface area contributed by atoms with Gasteiger partial charge in [0.15, 0.2) is 0 Å². The Morgan fingerprint density at radius 3 is 2.38 bits per heavy atom. The molecule has 0 amide bonds. The van der Waals surface area contributed by atoms with Crippen molar-refractivity contribution in [3.05, 3.63) is 88.9 Å². The van der Waals surface area contributed by atoms with Gasteiger partial charge in [-0.2, -0.15) is 0 Å². The summed E-state index contributed by atoms with van der Waals surface area (Å²) in [5, 5.41) is 5.26. The summed E-state index contributed by atoms with van der Waals surface area (Å²) in [5.41, 5.74) is 6.50. The molecule has 3 heterocycles. The number of thiophene rings is 2. The van der Waals surface area contributed by atoms with Crippen molar-refractivity contribution in [1.29, 1.82) is 0 Å². The van der Waals surface area contributed by atoms with E-state index < -0.39 is 0 Å². The van der Waals surface area contributed by atoms with Crippen LogP contribution in [0.5, 0.6) is 0 Å². The van der Waals surface area contributed by atoms with Gasteiger partial charge in [-0.1, -0.05) is 71.0 Å². The zero-order chi connectivity index (χ0) is 25.9. The topological polar surface area (TPSA) is 12.9 Å². The minimum atomic E-state index is 0.0476. The minimum Gasteiger partial charge on any atom is -0.256 e. The molecular formula is C34H33NS2. The first-order valence-electron chi connectivity index (χ1n) is 13.1. The highest BCUT2D eigenvalue weighted by Crippen LogP contribution is 2.42. The first-order chi connectivity index (χ1) is 17.7. The van der Waals surface area contributed by atoms with Crippen LogP contribution in [0.1, 0.15) is 50.6 Å². The lowest BCUT2D eigenvalue weighted by molar-refractivity contribution is 0.596. The fourth-order valence-corrected chi connectivity index (χ4v) is 7.68. The number of hydrogen-bond acceptors (Lipinski definition) is 3. The highest BCUT2D eigenvalue weighted by Gasteiger charge is 2.20. The average Bonchev–Trinajstić information content (AvgIpc) is 3.43. The Morgan fingerprint density at radius 2 is 1.59 bits per heavy atom. The number of aryl methyl sites for hydroxylation is 1. The summed E-state index contributed by atoms with van der Waals surface area (Å²) in [6.45, 7) is 13.8. The molecule has 6 rings (SSSR count). The molecule has 0 saturated carbocycles. The lowest BCUT2D eigenvalue weighted by Gasteiger charge is -2.22. The molecule has 0 aliphatic heterocycles. The van der Waals surface area contributed by atoms with Gasteiger partial charge in [0.05, 0.1) is 5.69 Å². The summed E-state index contributed by atoms with van der Waals surface area (Å²) in [7, 11) is 0. The van der Waals surface area contributed by atoms with Crippen LogP contribution in [-0.4, -0.2) is 4.98 Å². The summed E-state index contributed by atoms with van der Waals surface area (Å²) in [6, 6.07) is 24.9. The Hall–Kier alpha value is -3.01. The molecule has 3 aromatic carbocycles. The van der Waals surface area contributed by atoms with E-state index in [9.17, 15) is 0 Å². The second kappa shape index (κ2) is 9.08. The van der Waals surface area contributed by atoms with Gasteiger partial charge in [-0.3, -0.25) is 4.98 Å². The molecule has 37 heavy (non-hydrogen) atoms. The molecule has 0 spiro atoms. The molecule has 3 heteroatoms. The van der Waals surface area contributed by atoms with Crippen LogP contribution in [0.15, 0.2) is 72.9 Å². The summed E-state index contributed by atoms with van der Waals surface area (Å²) >= 11 is 3.80. The number of hydrogen-bond donors (Lipinski definition) is 0. The third-order valence-corrected chi connectivity index (χ3v) is 9.54. The second-order valence-electron chi connectivity index (χ2n) is 11.6. The Labute approximate surface area is 227 Å². The molecule has 0 bridgehead atoms. The SMILES string of the molecule is Cc1sc2cc(-c3cc4c(-c5cc(C(C)(C)C)c6ccccc6c5)nccc4s3)ccc2c1CC(C)C. The average molecular weight is 520 g/mol. The van der Waals surface area contributed by atoms with Crippen LogP contribution >= 0.6 is 22.7 Å². The van der Waals surface area contributed by atoms with E-state index in [0.29, 0.717) is 5.92 Å². The predicted molar refractivity (Wildman–Crippen MR) is 165 cm³/mol. The van der Waals surface area contributed by atoms with E-state index >= 15 is 0 Å². The smallest absolute Gasteiger partial charge is 0.0789 e. The summed E-state index contributed by atoms with van der Waals surface area (Å²) in [6.07, 6.45) is 3.11. The molecule has 0 aliphatic rings. The van der Waals surface area contributed by atoms with Crippen molar-refractivity contribution in [1.82, 2.24) is 4.98 Å². The molecule has 186 valence electrons. The summed E-state index contributed by atoms with van der Waals surface area (Å²) in [5.74, 6) is 0.665. The van der Waals surface area contributed by atoms with Crippen molar-refractivity contribution in [2.75, 3.05) is 0 Å². The van der Waals surface area contributed by atoms with Gasteiger partial charge in [0, 0.05) is 36.3 Å². The van der Waals surface area contributed by atoms with Crippen LogP contribution < -0.4 is 0 Å². The van der Waals surface area contributed by atoms with E-state index in [4.69, 9.17) is 4.98 Å². The van der Waals surface area contributed by atoms with E-state index in [1.165, 1.54) is 63.0 Å². The zero-order valence-corrected chi connectivity index (χ0v) is 24.1. The number of nitrogens with zero attached hydrogens (tertiary/aromatic N) is 1. The normalized spacial score (nSPS) is 12.4. The lowest BCUT2D eigenvalue weighted by atomic mass is 9.82. The Kier molecular flexibility index (Phi) is 5.97. The maximum absolute atomic E-state index is 4.92. The van der Waals surface area contributed by atoms with Crippen molar-refractivity contribution in [2.45, 2.75) is 53.4 Å². The Morgan fingerprint density at radius 1 is 0.784 bits per heavy atom. The van der Waals surface area contributed by atoms with Crippen molar-refractivity contribution in [3.63, 3.8) is 0 Å². The van der Waals surface area contributed by atoms with Crippen molar-refractivity contribution >= 4 is 53.6 Å². The fraction of sp³-hybridized carbons (Fsp3) is 0.265. The molecule has 6 aromatic rings. The van der Waals surface area contributed by atoms with E-state index in [1.807, 2.05) is 28.9 Å². The number of aromatic nitrogens is 1. The van der Waals surface area contributed by atoms with Gasteiger partial charge < -0.3 is 0 Å². The fourth-order valence-electron chi connectivity index (χ4n) is 5.49. The van der Waals surface area contributed by atoms with Crippen molar-refractivity contribution in [2.24, 2.45) is 5.92 Å². The van der Waals surface area contributed by atoms with Crippen LogP contribution in [0.4, 0.5) is 0 Å². The predicted octanol–water partition coefficient (Wildman–Crippen LogP) is 10.8. The maximum Gasteiger partial charge on any atom is 0.0789 e. The monoisotopic (exact) mass is 519 g/mol. The standard InChI is InChI=1S/C34H33NS2/c1-20(2)15-27-21(3)36-32-18-23(11-12-26(27)32)31-19-28-30(37-31)13-14-35-33(28)24-16-22-9-7-8-10-25(22)29(17-24)34(4,5)6/h7-14,16-20H,15H2,1-6H3. The number of pyridine rings is 1. The molecule has 0 atom stereocenters. The summed E-state index contributed by atoms with van der Waals surface area (Å²) < 4.78 is 2.68. The zero-order valence-electron chi connectivity index (χ0n) is 22.5. The molecule has 3 aromatic heterocycles. The van der Waals surface area contributed by atoms with Gasteiger partial charge in [-0.15, -0.1) is 22.7 Å². The van der Waals surface area contributed by atoms with Crippen LogP contribution in [0, 0.1) is 12.8 Å². The summed E-state index contributed by atoms with van der Waals surface area (Å²) in [4.78, 5) is 7.67. The van der Waals surface area contributed by atoms with E-state index in [-0.39, 0.29) is 5.41 Å². The number of rotatable bonds is 4. The molecule has 0 unspecified atom stereocenters. The van der Waals surface area contributed by atoms with Crippen molar-refractivity contribution < 1.29 is 0 Å². The Balaban J connectivity index is 1.49. The van der Waals surface area contributed by atoms with Gasteiger partial charge >= 0.3 is 0 Å². The van der Waals surface area contributed by atoms with Crippen LogP contribution in [0.25, 0.3) is 52.6 Å². The molecule has 0 radical (unpaired) electrons. The van der Waals surface area contributed by atoms with Crippen LogP contribution in [0.3, 0.4) is 0 Å². The van der Waals surface area contributed by atoms with Crippen LogP contribution in [0.2, 0.25) is 0 Å². The van der Waals surface area contributed by atoms with Gasteiger partial charge in [0.25, 0.3) is 0 Å². The highest BCUT2D eigenvalue weighted by molar-refractivity contribution is 7.22. The Bertz CT molecular complexity index is 1780. The van der Waals surface area contributed by atoms with E-state index in [1.54, 1.807) is 0 Å². The maximum atomic E-state index is 4.92. The highest BCUT2D eigenvalue weighted by atomic mass is 32.1.